The zero-order valence-corrected chi connectivity index (χ0v) is 7.41. The lowest BCUT2D eigenvalue weighted by Gasteiger charge is -2.15. The van der Waals surface area contributed by atoms with Gasteiger partial charge in [-0.3, -0.25) is 4.79 Å². The SMILES string of the molecule is CCCCC(=O)NC(C)(C)F. The Bertz CT molecular complexity index is 129. The second kappa shape index (κ2) is 4.31. The fourth-order valence-corrected chi connectivity index (χ4v) is 0.731. The number of amides is 1. The van der Waals surface area contributed by atoms with Gasteiger partial charge in [-0.25, -0.2) is 4.39 Å². The quantitative estimate of drug-likeness (QED) is 0.628. The van der Waals surface area contributed by atoms with Crippen LogP contribution in [0.15, 0.2) is 0 Å². The van der Waals surface area contributed by atoms with Gasteiger partial charge in [0.05, 0.1) is 0 Å². The Kier molecular flexibility index (Phi) is 4.08. The molecule has 0 aromatic carbocycles. The third kappa shape index (κ3) is 7.30. The van der Waals surface area contributed by atoms with Crippen LogP contribution in [0.5, 0.6) is 0 Å². The van der Waals surface area contributed by atoms with Crippen molar-refractivity contribution < 1.29 is 9.18 Å². The van der Waals surface area contributed by atoms with Gasteiger partial charge >= 0.3 is 0 Å². The van der Waals surface area contributed by atoms with Crippen LogP contribution in [0.3, 0.4) is 0 Å². The minimum atomic E-state index is -1.58. The Morgan fingerprint density at radius 1 is 1.55 bits per heavy atom. The molecule has 0 aromatic rings. The molecule has 1 N–H and O–H groups in total. The third-order valence-corrected chi connectivity index (χ3v) is 1.19. The summed E-state index contributed by atoms with van der Waals surface area (Å²) < 4.78 is 12.7. The Morgan fingerprint density at radius 2 is 2.09 bits per heavy atom. The van der Waals surface area contributed by atoms with Gasteiger partial charge in [0.2, 0.25) is 5.91 Å². The molecule has 0 heterocycles. The zero-order chi connectivity index (χ0) is 8.91. The second-order valence-electron chi connectivity index (χ2n) is 3.12. The highest BCUT2D eigenvalue weighted by molar-refractivity contribution is 5.76. The van der Waals surface area contributed by atoms with Crippen LogP contribution in [0.4, 0.5) is 4.39 Å². The minimum Gasteiger partial charge on any atom is -0.324 e. The highest BCUT2D eigenvalue weighted by atomic mass is 19.1. The van der Waals surface area contributed by atoms with Gasteiger partial charge in [-0.2, -0.15) is 0 Å². The molecule has 0 saturated heterocycles. The topological polar surface area (TPSA) is 29.1 Å². The predicted octanol–water partition coefficient (Wildman–Crippen LogP) is 2.00. The Hall–Kier alpha value is -0.600. The van der Waals surface area contributed by atoms with E-state index in [4.69, 9.17) is 0 Å². The lowest BCUT2D eigenvalue weighted by atomic mass is 10.2. The Labute approximate surface area is 67.2 Å². The molecule has 0 rings (SSSR count). The minimum absolute atomic E-state index is 0.209. The summed E-state index contributed by atoms with van der Waals surface area (Å²) >= 11 is 0. The molecule has 0 saturated carbocycles. The number of hydrogen-bond acceptors (Lipinski definition) is 1. The number of carbonyl (C=O) groups is 1. The standard InChI is InChI=1S/C8H16FNO/c1-4-5-6-7(11)10-8(2,3)9/h4-6H2,1-3H3,(H,10,11). The Morgan fingerprint density at radius 3 is 2.45 bits per heavy atom. The molecule has 0 aliphatic rings. The molecule has 66 valence electrons. The number of halogens is 1. The van der Waals surface area contributed by atoms with Crippen molar-refractivity contribution in [2.45, 2.75) is 45.8 Å². The van der Waals surface area contributed by atoms with Crippen LogP contribution in [-0.4, -0.2) is 11.7 Å². The van der Waals surface area contributed by atoms with Crippen molar-refractivity contribution >= 4 is 5.91 Å². The molecule has 1 amide bonds. The largest absolute Gasteiger partial charge is 0.324 e. The third-order valence-electron chi connectivity index (χ3n) is 1.19. The molecular weight excluding hydrogens is 145 g/mol. The van der Waals surface area contributed by atoms with Gasteiger partial charge in [-0.15, -0.1) is 0 Å². The average Bonchev–Trinajstić information content (AvgIpc) is 1.79. The normalized spacial score (nSPS) is 11.3. The smallest absolute Gasteiger partial charge is 0.222 e. The number of hydrogen-bond donors (Lipinski definition) is 1. The fourth-order valence-electron chi connectivity index (χ4n) is 0.731. The molecule has 0 fully saturated rings. The van der Waals surface area contributed by atoms with Crippen molar-refractivity contribution in [1.82, 2.24) is 5.32 Å². The number of alkyl halides is 1. The molecule has 0 unspecified atom stereocenters. The van der Waals surface area contributed by atoms with Crippen LogP contribution in [0, 0.1) is 0 Å². The maximum Gasteiger partial charge on any atom is 0.222 e. The van der Waals surface area contributed by atoms with Crippen LogP contribution in [0.25, 0.3) is 0 Å². The molecule has 0 aromatic heterocycles. The monoisotopic (exact) mass is 161 g/mol. The first-order chi connectivity index (χ1) is 4.95. The van der Waals surface area contributed by atoms with Gasteiger partial charge in [0.15, 0.2) is 5.79 Å². The lowest BCUT2D eigenvalue weighted by molar-refractivity contribution is -0.124. The van der Waals surface area contributed by atoms with Crippen LogP contribution in [0.1, 0.15) is 40.0 Å². The number of rotatable bonds is 4. The molecule has 0 spiro atoms. The molecular formula is C8H16FNO. The first-order valence-corrected chi connectivity index (χ1v) is 3.95. The number of carbonyl (C=O) groups excluding carboxylic acids is 1. The molecule has 0 aliphatic carbocycles. The van der Waals surface area contributed by atoms with Crippen LogP contribution in [0.2, 0.25) is 0 Å². The molecule has 3 heteroatoms. The summed E-state index contributed by atoms with van der Waals surface area (Å²) in [6, 6.07) is 0. The molecule has 0 aliphatic heterocycles. The van der Waals surface area contributed by atoms with Gasteiger partial charge in [0, 0.05) is 6.42 Å². The Balaban J connectivity index is 3.53. The first-order valence-electron chi connectivity index (χ1n) is 3.95. The number of nitrogens with one attached hydrogen (secondary N) is 1. The summed E-state index contributed by atoms with van der Waals surface area (Å²) in [5.41, 5.74) is 0. The van der Waals surface area contributed by atoms with Crippen LogP contribution >= 0.6 is 0 Å². The zero-order valence-electron chi connectivity index (χ0n) is 7.41. The van der Waals surface area contributed by atoms with Gasteiger partial charge < -0.3 is 5.32 Å². The van der Waals surface area contributed by atoms with Gasteiger partial charge in [-0.1, -0.05) is 13.3 Å². The van der Waals surface area contributed by atoms with E-state index in [1.54, 1.807) is 0 Å². The molecule has 0 atom stereocenters. The van der Waals surface area contributed by atoms with Crippen molar-refractivity contribution in [2.24, 2.45) is 0 Å². The van der Waals surface area contributed by atoms with E-state index >= 15 is 0 Å². The van der Waals surface area contributed by atoms with Crippen molar-refractivity contribution in [3.05, 3.63) is 0 Å². The summed E-state index contributed by atoms with van der Waals surface area (Å²) in [6.07, 6.45) is 2.20. The van der Waals surface area contributed by atoms with E-state index in [-0.39, 0.29) is 5.91 Å². The summed E-state index contributed by atoms with van der Waals surface area (Å²) in [5, 5.41) is 2.25. The maximum absolute atomic E-state index is 12.7. The van der Waals surface area contributed by atoms with Crippen molar-refractivity contribution in [2.75, 3.05) is 0 Å². The molecule has 0 bridgehead atoms. The fraction of sp³-hybridized carbons (Fsp3) is 0.875. The molecule has 0 radical (unpaired) electrons. The maximum atomic E-state index is 12.7. The van der Waals surface area contributed by atoms with E-state index in [2.05, 4.69) is 5.32 Å². The van der Waals surface area contributed by atoms with Crippen LogP contribution in [-0.2, 0) is 4.79 Å². The number of unbranched alkanes of at least 4 members (excludes halogenated alkanes) is 1. The lowest BCUT2D eigenvalue weighted by Crippen LogP contribution is -2.39. The summed E-state index contributed by atoms with van der Waals surface area (Å²) in [7, 11) is 0. The second-order valence-corrected chi connectivity index (χ2v) is 3.12. The van der Waals surface area contributed by atoms with Crippen molar-refractivity contribution in [3.8, 4) is 0 Å². The van der Waals surface area contributed by atoms with E-state index in [1.807, 2.05) is 6.92 Å². The van der Waals surface area contributed by atoms with Gasteiger partial charge in [0.1, 0.15) is 0 Å². The van der Waals surface area contributed by atoms with E-state index in [0.717, 1.165) is 12.8 Å². The predicted molar refractivity (Wildman–Crippen MR) is 42.9 cm³/mol. The average molecular weight is 161 g/mol. The van der Waals surface area contributed by atoms with Gasteiger partial charge in [0.25, 0.3) is 0 Å². The van der Waals surface area contributed by atoms with Crippen molar-refractivity contribution in [3.63, 3.8) is 0 Å². The summed E-state index contributed by atoms with van der Waals surface area (Å²) in [5.74, 6) is -1.79. The summed E-state index contributed by atoms with van der Waals surface area (Å²) in [4.78, 5) is 10.9. The highest BCUT2D eigenvalue weighted by Crippen LogP contribution is 2.03. The van der Waals surface area contributed by atoms with Gasteiger partial charge in [-0.05, 0) is 20.3 Å². The summed E-state index contributed by atoms with van der Waals surface area (Å²) in [6.45, 7) is 4.65. The highest BCUT2D eigenvalue weighted by Gasteiger charge is 2.16. The first kappa shape index (κ1) is 10.4. The van der Waals surface area contributed by atoms with Crippen LogP contribution < -0.4 is 5.32 Å². The van der Waals surface area contributed by atoms with E-state index < -0.39 is 5.79 Å². The molecule has 11 heavy (non-hydrogen) atoms. The van der Waals surface area contributed by atoms with E-state index in [0.29, 0.717) is 6.42 Å². The van der Waals surface area contributed by atoms with Crippen molar-refractivity contribution in [1.29, 1.82) is 0 Å². The van der Waals surface area contributed by atoms with E-state index in [1.165, 1.54) is 13.8 Å². The van der Waals surface area contributed by atoms with E-state index in [9.17, 15) is 9.18 Å². The molecule has 2 nitrogen and oxygen atoms in total.